The van der Waals surface area contributed by atoms with E-state index >= 15 is 0 Å². The Morgan fingerprint density at radius 1 is 1.16 bits per heavy atom. The minimum atomic E-state index is -0.388. The Bertz CT molecular complexity index is 581. The van der Waals surface area contributed by atoms with Crippen LogP contribution in [0, 0.1) is 0 Å². The number of hydrogen-bond donors (Lipinski definition) is 0. The molecule has 136 valence electrons. The van der Waals surface area contributed by atoms with E-state index in [-0.39, 0.29) is 17.8 Å². The second-order valence-corrected chi connectivity index (χ2v) is 7.28. The first-order valence-electron chi connectivity index (χ1n) is 9.50. The summed E-state index contributed by atoms with van der Waals surface area (Å²) in [6.07, 6.45) is 7.70. The Balaban J connectivity index is 1.26. The third kappa shape index (κ3) is 3.80. The van der Waals surface area contributed by atoms with Gasteiger partial charge in [-0.3, -0.25) is 4.79 Å². The summed E-state index contributed by atoms with van der Waals surface area (Å²) in [6.45, 7) is 3.70. The number of aromatic nitrogens is 1. The summed E-state index contributed by atoms with van der Waals surface area (Å²) >= 11 is 0. The van der Waals surface area contributed by atoms with E-state index in [9.17, 15) is 4.79 Å². The Hall–Kier alpha value is -1.66. The molecule has 0 bridgehead atoms. The Labute approximate surface area is 149 Å². The lowest BCUT2D eigenvalue weighted by Gasteiger charge is -2.36. The molecule has 6 nitrogen and oxygen atoms in total. The van der Waals surface area contributed by atoms with Gasteiger partial charge in [0.25, 0.3) is 0 Å². The lowest BCUT2D eigenvalue weighted by Crippen LogP contribution is -2.49. The molecule has 6 heteroatoms. The highest BCUT2D eigenvalue weighted by molar-refractivity contribution is 5.77. The molecule has 1 atom stereocenters. The third-order valence-corrected chi connectivity index (χ3v) is 5.54. The van der Waals surface area contributed by atoms with Crippen LogP contribution in [0.25, 0.3) is 0 Å². The Morgan fingerprint density at radius 2 is 1.96 bits per heavy atom. The van der Waals surface area contributed by atoms with Gasteiger partial charge in [0.1, 0.15) is 5.82 Å². The molecule has 1 spiro atoms. The van der Waals surface area contributed by atoms with E-state index in [4.69, 9.17) is 9.47 Å². The zero-order chi connectivity index (χ0) is 17.1. The fourth-order valence-electron chi connectivity index (χ4n) is 4.12. The summed E-state index contributed by atoms with van der Waals surface area (Å²) < 4.78 is 12.1. The highest BCUT2D eigenvalue weighted by Crippen LogP contribution is 2.38. The predicted molar refractivity (Wildman–Crippen MR) is 94.3 cm³/mol. The van der Waals surface area contributed by atoms with Crippen LogP contribution in [0.3, 0.4) is 0 Å². The molecule has 4 rings (SSSR count). The van der Waals surface area contributed by atoms with Crippen molar-refractivity contribution in [1.82, 2.24) is 9.88 Å². The molecule has 2 saturated heterocycles. The molecule has 0 aromatic carbocycles. The van der Waals surface area contributed by atoms with E-state index in [1.807, 2.05) is 29.3 Å². The topological polar surface area (TPSA) is 54.9 Å². The van der Waals surface area contributed by atoms with E-state index in [1.165, 1.54) is 6.42 Å². The van der Waals surface area contributed by atoms with Crippen LogP contribution in [0.5, 0.6) is 0 Å². The lowest BCUT2D eigenvalue weighted by atomic mass is 9.94. The first-order chi connectivity index (χ1) is 12.2. The van der Waals surface area contributed by atoms with Crippen LogP contribution < -0.4 is 4.90 Å². The highest BCUT2D eigenvalue weighted by atomic mass is 16.7. The lowest BCUT2D eigenvalue weighted by molar-refractivity contribution is -0.188. The molecule has 25 heavy (non-hydrogen) atoms. The molecule has 2 aliphatic heterocycles. The fraction of sp³-hybridized carbons (Fsp3) is 0.684. The second-order valence-electron chi connectivity index (χ2n) is 7.28. The van der Waals surface area contributed by atoms with Gasteiger partial charge in [0, 0.05) is 45.2 Å². The maximum atomic E-state index is 12.6. The summed E-state index contributed by atoms with van der Waals surface area (Å²) in [4.78, 5) is 21.2. The van der Waals surface area contributed by atoms with Crippen LogP contribution in [0.1, 0.15) is 38.5 Å². The normalized spacial score (nSPS) is 26.2. The smallest absolute Gasteiger partial charge is 0.225 e. The van der Waals surface area contributed by atoms with Gasteiger partial charge in [0.05, 0.1) is 19.1 Å². The average molecular weight is 345 g/mol. The number of hydrogen-bond acceptors (Lipinski definition) is 5. The maximum absolute atomic E-state index is 12.6. The van der Waals surface area contributed by atoms with Crippen molar-refractivity contribution in [1.29, 1.82) is 0 Å². The second kappa shape index (κ2) is 7.30. The molecule has 1 aromatic heterocycles. The van der Waals surface area contributed by atoms with Crippen molar-refractivity contribution >= 4 is 11.7 Å². The van der Waals surface area contributed by atoms with E-state index in [0.717, 1.165) is 57.7 Å². The molecule has 1 aromatic rings. The van der Waals surface area contributed by atoms with Crippen molar-refractivity contribution in [3.05, 3.63) is 24.4 Å². The van der Waals surface area contributed by atoms with Crippen LogP contribution in [-0.2, 0) is 14.3 Å². The largest absolute Gasteiger partial charge is 0.353 e. The minimum Gasteiger partial charge on any atom is -0.353 e. The van der Waals surface area contributed by atoms with Gasteiger partial charge < -0.3 is 19.3 Å². The number of anilines is 1. The molecular formula is C19H27N3O3. The van der Waals surface area contributed by atoms with Crippen LogP contribution in [-0.4, -0.2) is 60.5 Å². The number of rotatable bonds is 3. The summed E-state index contributed by atoms with van der Waals surface area (Å²) in [5, 5.41) is 0. The van der Waals surface area contributed by atoms with Gasteiger partial charge in [-0.1, -0.05) is 12.5 Å². The monoisotopic (exact) mass is 345 g/mol. The van der Waals surface area contributed by atoms with Crippen LogP contribution in [0.2, 0.25) is 0 Å². The van der Waals surface area contributed by atoms with Crippen molar-refractivity contribution in [3.63, 3.8) is 0 Å². The number of carbonyl (C=O) groups is 1. The molecule has 1 unspecified atom stereocenters. The van der Waals surface area contributed by atoms with Gasteiger partial charge in [0.2, 0.25) is 5.91 Å². The number of nitrogens with zero attached hydrogens (tertiary/aromatic N) is 3. The van der Waals surface area contributed by atoms with Gasteiger partial charge in [-0.05, 0) is 25.0 Å². The first-order valence-corrected chi connectivity index (χ1v) is 9.50. The van der Waals surface area contributed by atoms with Gasteiger partial charge in [-0.15, -0.1) is 0 Å². The van der Waals surface area contributed by atoms with Crippen molar-refractivity contribution in [2.24, 2.45) is 0 Å². The van der Waals surface area contributed by atoms with Gasteiger partial charge in [-0.2, -0.15) is 0 Å². The quantitative estimate of drug-likeness (QED) is 0.841. The number of ether oxygens (including phenoxy) is 2. The van der Waals surface area contributed by atoms with E-state index in [0.29, 0.717) is 13.0 Å². The predicted octanol–water partition coefficient (Wildman–Crippen LogP) is 2.20. The summed E-state index contributed by atoms with van der Waals surface area (Å²) in [5.41, 5.74) is 0. The summed E-state index contributed by atoms with van der Waals surface area (Å²) in [5.74, 6) is 0.782. The number of pyridine rings is 1. The molecule has 1 amide bonds. The standard InChI is InChI=1S/C19H27N3O3/c23-18(14-16-15-24-19(25-16)7-3-1-4-8-19)22-12-10-21(11-13-22)17-6-2-5-9-20-17/h2,5-6,9,16H,1,3-4,7-8,10-15H2. The molecule has 0 radical (unpaired) electrons. The summed E-state index contributed by atoms with van der Waals surface area (Å²) in [6, 6.07) is 5.94. The molecule has 1 saturated carbocycles. The van der Waals surface area contributed by atoms with Crippen LogP contribution in [0.15, 0.2) is 24.4 Å². The highest BCUT2D eigenvalue weighted by Gasteiger charge is 2.43. The van der Waals surface area contributed by atoms with Crippen molar-refractivity contribution in [2.45, 2.75) is 50.4 Å². The third-order valence-electron chi connectivity index (χ3n) is 5.54. The zero-order valence-electron chi connectivity index (χ0n) is 14.7. The first kappa shape index (κ1) is 16.8. The molecule has 3 fully saturated rings. The summed E-state index contributed by atoms with van der Waals surface area (Å²) in [7, 11) is 0. The zero-order valence-corrected chi connectivity index (χ0v) is 14.7. The molecule has 3 heterocycles. The van der Waals surface area contributed by atoms with Gasteiger partial charge in [-0.25, -0.2) is 4.98 Å². The Kier molecular flexibility index (Phi) is 4.90. The van der Waals surface area contributed by atoms with E-state index < -0.39 is 0 Å². The van der Waals surface area contributed by atoms with Gasteiger partial charge >= 0.3 is 0 Å². The number of amides is 1. The SMILES string of the molecule is O=C(CC1COC2(CCCCC2)O1)N1CCN(c2ccccn2)CC1. The molecular weight excluding hydrogens is 318 g/mol. The van der Waals surface area contributed by atoms with Crippen LogP contribution in [0.4, 0.5) is 5.82 Å². The molecule has 1 aliphatic carbocycles. The minimum absolute atomic E-state index is 0.0839. The Morgan fingerprint density at radius 3 is 2.68 bits per heavy atom. The molecule has 0 N–H and O–H groups in total. The average Bonchev–Trinajstić information content (AvgIpc) is 3.05. The maximum Gasteiger partial charge on any atom is 0.225 e. The van der Waals surface area contributed by atoms with E-state index in [1.54, 1.807) is 0 Å². The number of carbonyl (C=O) groups excluding carboxylic acids is 1. The van der Waals surface area contributed by atoms with Crippen LogP contribution >= 0.6 is 0 Å². The molecule has 3 aliphatic rings. The van der Waals surface area contributed by atoms with Crippen molar-refractivity contribution in [3.8, 4) is 0 Å². The van der Waals surface area contributed by atoms with E-state index in [2.05, 4.69) is 9.88 Å². The fourth-order valence-corrected chi connectivity index (χ4v) is 4.12. The number of piperazine rings is 1. The van der Waals surface area contributed by atoms with Gasteiger partial charge in [0.15, 0.2) is 5.79 Å². The van der Waals surface area contributed by atoms with Crippen molar-refractivity contribution in [2.75, 3.05) is 37.7 Å². The van der Waals surface area contributed by atoms with Crippen molar-refractivity contribution < 1.29 is 14.3 Å².